The third-order valence-corrected chi connectivity index (χ3v) is 3.03. The number of amides is 2. The molecular weight excluding hydrogens is 233 g/mol. The molecule has 0 aromatic heterocycles. The molecule has 1 aromatic carbocycles. The number of hydrogen-bond acceptors (Lipinski definition) is 2. The van der Waals surface area contributed by atoms with Crippen molar-refractivity contribution < 1.29 is 9.18 Å². The predicted molar refractivity (Wildman–Crippen MR) is 65.4 cm³/mol. The number of halogens is 1. The van der Waals surface area contributed by atoms with Crippen molar-refractivity contribution in [2.75, 3.05) is 11.9 Å². The first-order chi connectivity index (χ1) is 8.72. The minimum atomic E-state index is -0.476. The number of carbonyl (C=O) groups is 1. The first-order valence-corrected chi connectivity index (χ1v) is 5.94. The van der Waals surface area contributed by atoms with Crippen molar-refractivity contribution >= 4 is 11.7 Å². The Morgan fingerprint density at radius 3 is 2.94 bits per heavy atom. The van der Waals surface area contributed by atoms with Gasteiger partial charge in [-0.15, -0.1) is 0 Å². The molecule has 0 aliphatic carbocycles. The summed E-state index contributed by atoms with van der Waals surface area (Å²) in [6.45, 7) is 0.540. The van der Waals surface area contributed by atoms with Gasteiger partial charge in [0.05, 0.1) is 11.8 Å². The van der Waals surface area contributed by atoms with Gasteiger partial charge in [-0.25, -0.2) is 9.18 Å². The maximum Gasteiger partial charge on any atom is 0.323 e. The average molecular weight is 247 g/mol. The van der Waals surface area contributed by atoms with E-state index in [4.69, 9.17) is 5.26 Å². The van der Waals surface area contributed by atoms with Crippen LogP contribution in [0.3, 0.4) is 0 Å². The Morgan fingerprint density at radius 1 is 1.44 bits per heavy atom. The van der Waals surface area contributed by atoms with Gasteiger partial charge in [0.25, 0.3) is 0 Å². The lowest BCUT2D eigenvalue weighted by atomic mass is 10.0. The van der Waals surface area contributed by atoms with E-state index in [1.54, 1.807) is 12.1 Å². The Balaban J connectivity index is 2.08. The second-order valence-corrected chi connectivity index (χ2v) is 4.24. The number of urea groups is 1. The van der Waals surface area contributed by atoms with Crippen LogP contribution in [0.4, 0.5) is 14.9 Å². The fourth-order valence-corrected chi connectivity index (χ4v) is 2.06. The van der Waals surface area contributed by atoms with Crippen molar-refractivity contribution in [1.29, 1.82) is 5.26 Å². The van der Waals surface area contributed by atoms with E-state index in [1.807, 2.05) is 0 Å². The molecule has 94 valence electrons. The number of para-hydroxylation sites is 1. The lowest BCUT2D eigenvalue weighted by molar-refractivity contribution is 0.182. The van der Waals surface area contributed by atoms with E-state index in [0.717, 1.165) is 12.8 Å². The van der Waals surface area contributed by atoms with Gasteiger partial charge in [0.1, 0.15) is 11.9 Å². The first kappa shape index (κ1) is 12.4. The number of carbonyl (C=O) groups excluding carboxylic acids is 1. The van der Waals surface area contributed by atoms with Crippen molar-refractivity contribution in [3.63, 3.8) is 0 Å². The Labute approximate surface area is 105 Å². The lowest BCUT2D eigenvalue weighted by Crippen LogP contribution is -2.45. The molecule has 0 radical (unpaired) electrons. The third kappa shape index (κ3) is 2.59. The van der Waals surface area contributed by atoms with Gasteiger partial charge in [-0.1, -0.05) is 12.1 Å². The van der Waals surface area contributed by atoms with Gasteiger partial charge in [-0.2, -0.15) is 5.26 Å². The molecule has 5 heteroatoms. The van der Waals surface area contributed by atoms with Crippen molar-refractivity contribution in [2.24, 2.45) is 0 Å². The van der Waals surface area contributed by atoms with Gasteiger partial charge in [-0.05, 0) is 31.4 Å². The summed E-state index contributed by atoms with van der Waals surface area (Å²) in [7, 11) is 0. The first-order valence-electron chi connectivity index (χ1n) is 5.94. The second-order valence-electron chi connectivity index (χ2n) is 4.24. The zero-order chi connectivity index (χ0) is 13.0. The predicted octanol–water partition coefficient (Wildman–Crippen LogP) is 2.74. The third-order valence-electron chi connectivity index (χ3n) is 3.03. The van der Waals surface area contributed by atoms with Crippen LogP contribution in [0.5, 0.6) is 0 Å². The molecule has 1 N–H and O–H groups in total. The molecule has 2 amide bonds. The summed E-state index contributed by atoms with van der Waals surface area (Å²) >= 11 is 0. The average Bonchev–Trinajstić information content (AvgIpc) is 2.41. The lowest BCUT2D eigenvalue weighted by Gasteiger charge is -2.31. The highest BCUT2D eigenvalue weighted by atomic mass is 19.1. The molecule has 18 heavy (non-hydrogen) atoms. The largest absolute Gasteiger partial charge is 0.323 e. The van der Waals surface area contributed by atoms with Gasteiger partial charge >= 0.3 is 6.03 Å². The summed E-state index contributed by atoms with van der Waals surface area (Å²) in [6, 6.07) is 7.28. The number of nitrogens with one attached hydrogen (secondary N) is 1. The van der Waals surface area contributed by atoms with Gasteiger partial charge in [-0.3, -0.25) is 0 Å². The zero-order valence-corrected chi connectivity index (χ0v) is 9.90. The smallest absolute Gasteiger partial charge is 0.308 e. The number of likely N-dealkylation sites (tertiary alicyclic amines) is 1. The van der Waals surface area contributed by atoms with E-state index >= 15 is 0 Å². The van der Waals surface area contributed by atoms with Crippen LogP contribution in [0.25, 0.3) is 0 Å². The van der Waals surface area contributed by atoms with Crippen LogP contribution in [-0.2, 0) is 0 Å². The zero-order valence-electron chi connectivity index (χ0n) is 9.90. The van der Waals surface area contributed by atoms with Crippen molar-refractivity contribution in [1.82, 2.24) is 4.90 Å². The Morgan fingerprint density at radius 2 is 2.22 bits per heavy atom. The highest BCUT2D eigenvalue weighted by Crippen LogP contribution is 2.19. The highest BCUT2D eigenvalue weighted by molar-refractivity contribution is 5.89. The standard InChI is InChI=1S/C13H14FN3O/c14-11-6-1-2-7-12(11)16-13(18)17-8-4-3-5-10(17)9-15/h1-2,6-7,10H,3-5,8H2,(H,16,18). The number of hydrogen-bond donors (Lipinski definition) is 1. The summed E-state index contributed by atoms with van der Waals surface area (Å²) < 4.78 is 13.4. The molecule has 0 bridgehead atoms. The molecule has 1 heterocycles. The summed E-state index contributed by atoms with van der Waals surface area (Å²) in [5, 5.41) is 11.5. The summed E-state index contributed by atoms with van der Waals surface area (Å²) in [5.41, 5.74) is 0.143. The number of benzene rings is 1. The molecule has 1 aliphatic rings. The van der Waals surface area contributed by atoms with Crippen LogP contribution in [-0.4, -0.2) is 23.5 Å². The van der Waals surface area contributed by atoms with E-state index in [1.165, 1.54) is 17.0 Å². The molecule has 0 saturated carbocycles. The van der Waals surface area contributed by atoms with Gasteiger partial charge in [0.15, 0.2) is 0 Å². The molecule has 1 aliphatic heterocycles. The summed E-state index contributed by atoms with van der Waals surface area (Å²) in [5.74, 6) is -0.476. The number of anilines is 1. The second kappa shape index (κ2) is 5.50. The Hall–Kier alpha value is -2.09. The maximum absolute atomic E-state index is 13.4. The molecule has 1 atom stereocenters. The normalized spacial score (nSPS) is 19.1. The van der Waals surface area contributed by atoms with Crippen LogP contribution >= 0.6 is 0 Å². The fourth-order valence-electron chi connectivity index (χ4n) is 2.06. The molecule has 4 nitrogen and oxygen atoms in total. The van der Waals surface area contributed by atoms with E-state index in [0.29, 0.717) is 13.0 Å². The quantitative estimate of drug-likeness (QED) is 0.829. The molecular formula is C13H14FN3O. The minimum Gasteiger partial charge on any atom is -0.308 e. The monoisotopic (exact) mass is 247 g/mol. The molecule has 0 spiro atoms. The van der Waals surface area contributed by atoms with Crippen LogP contribution < -0.4 is 5.32 Å². The molecule has 1 aromatic rings. The van der Waals surface area contributed by atoms with Crippen molar-refractivity contribution in [2.45, 2.75) is 25.3 Å². The van der Waals surface area contributed by atoms with E-state index in [-0.39, 0.29) is 5.69 Å². The van der Waals surface area contributed by atoms with Crippen LogP contribution in [0.1, 0.15) is 19.3 Å². The van der Waals surface area contributed by atoms with Gasteiger partial charge in [0.2, 0.25) is 0 Å². The van der Waals surface area contributed by atoms with Crippen molar-refractivity contribution in [3.05, 3.63) is 30.1 Å². The van der Waals surface area contributed by atoms with Crippen molar-refractivity contribution in [3.8, 4) is 6.07 Å². The summed E-state index contributed by atoms with van der Waals surface area (Å²) in [4.78, 5) is 13.5. The Bertz CT molecular complexity index is 483. The van der Waals surface area contributed by atoms with Gasteiger partial charge < -0.3 is 10.2 Å². The van der Waals surface area contributed by atoms with Crippen LogP contribution in [0.15, 0.2) is 24.3 Å². The Kier molecular flexibility index (Phi) is 3.78. The fraction of sp³-hybridized carbons (Fsp3) is 0.385. The number of rotatable bonds is 1. The maximum atomic E-state index is 13.4. The SMILES string of the molecule is N#CC1CCCCN1C(=O)Nc1ccccc1F. The molecule has 1 fully saturated rings. The van der Waals surface area contributed by atoms with E-state index in [9.17, 15) is 9.18 Å². The number of nitriles is 1. The van der Waals surface area contributed by atoms with Crippen LogP contribution in [0.2, 0.25) is 0 Å². The molecule has 1 unspecified atom stereocenters. The summed E-state index contributed by atoms with van der Waals surface area (Å²) in [6.07, 6.45) is 2.51. The number of piperidine rings is 1. The topological polar surface area (TPSA) is 56.1 Å². The molecule has 2 rings (SSSR count). The van der Waals surface area contributed by atoms with Gasteiger partial charge in [0, 0.05) is 6.54 Å². The van der Waals surface area contributed by atoms with Crippen LogP contribution in [0, 0.1) is 17.1 Å². The minimum absolute atomic E-state index is 0.143. The highest BCUT2D eigenvalue weighted by Gasteiger charge is 2.26. The van der Waals surface area contributed by atoms with E-state index in [2.05, 4.69) is 11.4 Å². The van der Waals surface area contributed by atoms with E-state index < -0.39 is 17.9 Å². The molecule has 1 saturated heterocycles. The number of nitrogens with zero attached hydrogens (tertiary/aromatic N) is 2.